The second-order valence-corrected chi connectivity index (χ2v) is 3.93. The van der Waals surface area contributed by atoms with Gasteiger partial charge in [0, 0.05) is 7.11 Å². The number of benzene rings is 1. The summed E-state index contributed by atoms with van der Waals surface area (Å²) >= 11 is 3.24. The largest absolute Gasteiger partial charge is 0.491 e. The first-order chi connectivity index (χ1) is 7.27. The topological polar surface area (TPSA) is 35.5 Å². The van der Waals surface area contributed by atoms with Crippen LogP contribution < -0.4 is 4.74 Å². The lowest BCUT2D eigenvalue weighted by Gasteiger charge is -2.07. The van der Waals surface area contributed by atoms with Gasteiger partial charge >= 0.3 is 0 Å². The third kappa shape index (κ3) is 4.01. The van der Waals surface area contributed by atoms with E-state index in [2.05, 4.69) is 15.9 Å². The van der Waals surface area contributed by atoms with Crippen molar-refractivity contribution in [1.29, 1.82) is 0 Å². The highest BCUT2D eigenvalue weighted by atomic mass is 79.9. The summed E-state index contributed by atoms with van der Waals surface area (Å²) in [7, 11) is 1.63. The standard InChI is InChI=1S/C11H13BrO3/c1-14-6-7-15-10-4-2-9(3-5-10)11(12)8-13/h2-5,8,11H,6-7H2,1H3/t11-/m1/s1. The molecule has 1 aromatic carbocycles. The van der Waals surface area contributed by atoms with Crippen molar-refractivity contribution < 1.29 is 14.3 Å². The van der Waals surface area contributed by atoms with E-state index in [-0.39, 0.29) is 4.83 Å². The summed E-state index contributed by atoms with van der Waals surface area (Å²) in [5, 5.41) is 0. The van der Waals surface area contributed by atoms with Crippen molar-refractivity contribution in [3.8, 4) is 5.75 Å². The lowest BCUT2D eigenvalue weighted by Crippen LogP contribution is -2.04. The van der Waals surface area contributed by atoms with E-state index < -0.39 is 0 Å². The third-order valence-corrected chi connectivity index (χ3v) is 2.62. The lowest BCUT2D eigenvalue weighted by molar-refractivity contribution is -0.107. The van der Waals surface area contributed by atoms with Crippen molar-refractivity contribution >= 4 is 22.2 Å². The molecule has 15 heavy (non-hydrogen) atoms. The highest BCUT2D eigenvalue weighted by Gasteiger charge is 2.04. The van der Waals surface area contributed by atoms with E-state index in [1.807, 2.05) is 24.3 Å². The number of methoxy groups -OCH3 is 1. The summed E-state index contributed by atoms with van der Waals surface area (Å²) in [4.78, 5) is 10.3. The SMILES string of the molecule is COCCOc1ccc([C@H](Br)C=O)cc1. The molecule has 3 nitrogen and oxygen atoms in total. The Bertz CT molecular complexity index is 297. The number of ether oxygens (including phenoxy) is 2. The fourth-order valence-electron chi connectivity index (χ4n) is 1.07. The average Bonchev–Trinajstić information content (AvgIpc) is 2.29. The van der Waals surface area contributed by atoms with E-state index in [0.717, 1.165) is 17.6 Å². The van der Waals surface area contributed by atoms with Crippen molar-refractivity contribution in [2.45, 2.75) is 4.83 Å². The van der Waals surface area contributed by atoms with Gasteiger partial charge in [0.1, 0.15) is 18.6 Å². The van der Waals surface area contributed by atoms with E-state index in [4.69, 9.17) is 9.47 Å². The van der Waals surface area contributed by atoms with Gasteiger partial charge in [0.05, 0.1) is 11.4 Å². The number of alkyl halides is 1. The number of hydrogen-bond donors (Lipinski definition) is 0. The molecule has 0 aliphatic carbocycles. The minimum Gasteiger partial charge on any atom is -0.491 e. The van der Waals surface area contributed by atoms with E-state index in [0.29, 0.717) is 13.2 Å². The molecule has 0 saturated carbocycles. The summed E-state index contributed by atoms with van der Waals surface area (Å²) in [5.41, 5.74) is 0.920. The molecule has 0 aliphatic rings. The van der Waals surface area contributed by atoms with Gasteiger partial charge in [-0.05, 0) is 17.7 Å². The molecule has 0 amide bonds. The molecule has 0 unspecified atom stereocenters. The summed E-state index contributed by atoms with van der Waals surface area (Å²) in [6, 6.07) is 7.39. The van der Waals surface area contributed by atoms with Gasteiger partial charge in [-0.15, -0.1) is 0 Å². The Morgan fingerprint density at radius 1 is 1.33 bits per heavy atom. The van der Waals surface area contributed by atoms with Gasteiger partial charge in [0.2, 0.25) is 0 Å². The van der Waals surface area contributed by atoms with Crippen LogP contribution in [0.5, 0.6) is 5.75 Å². The van der Waals surface area contributed by atoms with Gasteiger partial charge < -0.3 is 14.3 Å². The molecule has 1 atom stereocenters. The van der Waals surface area contributed by atoms with Gasteiger partial charge in [-0.3, -0.25) is 0 Å². The number of carbonyl (C=O) groups is 1. The summed E-state index contributed by atoms with van der Waals surface area (Å²) in [6.45, 7) is 1.10. The Hall–Kier alpha value is -0.870. The molecule has 0 N–H and O–H groups in total. The zero-order valence-electron chi connectivity index (χ0n) is 8.48. The van der Waals surface area contributed by atoms with Crippen molar-refractivity contribution in [2.24, 2.45) is 0 Å². The number of carbonyl (C=O) groups excluding carboxylic acids is 1. The van der Waals surface area contributed by atoms with Crippen LogP contribution in [0.25, 0.3) is 0 Å². The maximum absolute atomic E-state index is 10.5. The smallest absolute Gasteiger partial charge is 0.138 e. The minimum atomic E-state index is -0.245. The lowest BCUT2D eigenvalue weighted by atomic mass is 10.2. The molecular weight excluding hydrogens is 260 g/mol. The number of hydrogen-bond acceptors (Lipinski definition) is 3. The quantitative estimate of drug-likeness (QED) is 0.453. The predicted octanol–water partition coefficient (Wildman–Crippen LogP) is 2.35. The predicted molar refractivity (Wildman–Crippen MR) is 61.5 cm³/mol. The Morgan fingerprint density at radius 3 is 2.53 bits per heavy atom. The highest BCUT2D eigenvalue weighted by molar-refractivity contribution is 9.09. The van der Waals surface area contributed by atoms with Crippen molar-refractivity contribution in [2.75, 3.05) is 20.3 Å². The zero-order valence-corrected chi connectivity index (χ0v) is 10.1. The maximum atomic E-state index is 10.5. The molecule has 1 rings (SSSR count). The van der Waals surface area contributed by atoms with Crippen LogP contribution in [0.3, 0.4) is 0 Å². The molecule has 0 saturated heterocycles. The Labute approximate surface area is 97.5 Å². The molecule has 1 aromatic rings. The Morgan fingerprint density at radius 2 is 2.00 bits per heavy atom. The molecular formula is C11H13BrO3. The third-order valence-electron chi connectivity index (χ3n) is 1.87. The van der Waals surface area contributed by atoms with E-state index in [1.54, 1.807) is 7.11 Å². The van der Waals surface area contributed by atoms with E-state index in [9.17, 15) is 4.79 Å². The fourth-order valence-corrected chi connectivity index (χ4v) is 1.37. The van der Waals surface area contributed by atoms with Gasteiger partial charge in [-0.25, -0.2) is 0 Å². The summed E-state index contributed by atoms with van der Waals surface area (Å²) in [5.74, 6) is 0.779. The van der Waals surface area contributed by atoms with E-state index in [1.165, 1.54) is 0 Å². The second-order valence-electron chi connectivity index (χ2n) is 2.95. The molecule has 4 heteroatoms. The molecule has 82 valence electrons. The van der Waals surface area contributed by atoms with Gasteiger partial charge in [0.25, 0.3) is 0 Å². The summed E-state index contributed by atoms with van der Waals surface area (Å²) < 4.78 is 10.3. The minimum absolute atomic E-state index is 0.245. The first kappa shape index (κ1) is 12.2. The zero-order chi connectivity index (χ0) is 11.1. The van der Waals surface area contributed by atoms with E-state index >= 15 is 0 Å². The van der Waals surface area contributed by atoms with Crippen LogP contribution in [0, 0.1) is 0 Å². The normalized spacial score (nSPS) is 12.1. The molecule has 0 heterocycles. The molecule has 0 aromatic heterocycles. The molecule has 0 radical (unpaired) electrons. The number of halogens is 1. The van der Waals surface area contributed by atoms with Crippen LogP contribution in [-0.4, -0.2) is 26.6 Å². The van der Waals surface area contributed by atoms with Gasteiger partial charge in [-0.2, -0.15) is 0 Å². The van der Waals surface area contributed by atoms with Crippen LogP contribution >= 0.6 is 15.9 Å². The van der Waals surface area contributed by atoms with Crippen molar-refractivity contribution in [1.82, 2.24) is 0 Å². The number of rotatable bonds is 6. The Balaban J connectivity index is 2.52. The monoisotopic (exact) mass is 272 g/mol. The van der Waals surface area contributed by atoms with Gasteiger partial charge in [-0.1, -0.05) is 28.1 Å². The second kappa shape index (κ2) is 6.58. The van der Waals surface area contributed by atoms with Gasteiger partial charge in [0.15, 0.2) is 0 Å². The Kier molecular flexibility index (Phi) is 5.36. The first-order valence-corrected chi connectivity index (χ1v) is 5.50. The van der Waals surface area contributed by atoms with Crippen LogP contribution in [-0.2, 0) is 9.53 Å². The van der Waals surface area contributed by atoms with Crippen molar-refractivity contribution in [3.63, 3.8) is 0 Å². The molecule has 0 spiro atoms. The molecule has 0 bridgehead atoms. The average molecular weight is 273 g/mol. The highest BCUT2D eigenvalue weighted by Crippen LogP contribution is 2.22. The molecule has 0 fully saturated rings. The van der Waals surface area contributed by atoms with Crippen LogP contribution in [0.1, 0.15) is 10.4 Å². The van der Waals surface area contributed by atoms with Crippen LogP contribution in [0.15, 0.2) is 24.3 Å². The number of aldehydes is 1. The van der Waals surface area contributed by atoms with Crippen LogP contribution in [0.4, 0.5) is 0 Å². The molecule has 0 aliphatic heterocycles. The fraction of sp³-hybridized carbons (Fsp3) is 0.364. The summed E-state index contributed by atoms with van der Waals surface area (Å²) in [6.07, 6.45) is 0.848. The maximum Gasteiger partial charge on any atom is 0.138 e. The van der Waals surface area contributed by atoms with Crippen molar-refractivity contribution in [3.05, 3.63) is 29.8 Å². The van der Waals surface area contributed by atoms with Crippen LogP contribution in [0.2, 0.25) is 0 Å². The first-order valence-electron chi connectivity index (χ1n) is 4.59.